The SMILES string of the molecule is CC(=O)C(NC(=O)C(=N)c1ccccc1C)C(C)(C)C.CC(=O)C1CC(C(C)C)C1.CCC.CCc1ccc(F)cc1. The third-order valence-electron chi connectivity index (χ3n) is 7.20. The van der Waals surface area contributed by atoms with Crippen LogP contribution in [0.5, 0.6) is 0 Å². The van der Waals surface area contributed by atoms with Crippen LogP contribution in [0, 0.1) is 41.3 Å². The number of hydrogen-bond donors (Lipinski definition) is 2. The van der Waals surface area contributed by atoms with Gasteiger partial charge in [0.2, 0.25) is 0 Å². The van der Waals surface area contributed by atoms with Gasteiger partial charge in [-0.2, -0.15) is 0 Å². The highest BCUT2D eigenvalue weighted by Crippen LogP contribution is 2.38. The summed E-state index contributed by atoms with van der Waals surface area (Å²) in [4.78, 5) is 34.6. The van der Waals surface area contributed by atoms with Gasteiger partial charge in [-0.1, -0.05) is 98.2 Å². The van der Waals surface area contributed by atoms with Crippen LogP contribution in [-0.4, -0.2) is 29.2 Å². The van der Waals surface area contributed by atoms with E-state index in [-0.39, 0.29) is 22.7 Å². The van der Waals surface area contributed by atoms with Crippen molar-refractivity contribution >= 4 is 23.2 Å². The van der Waals surface area contributed by atoms with Crippen LogP contribution in [0.15, 0.2) is 48.5 Å². The zero-order valence-electron chi connectivity index (χ0n) is 27.9. The second-order valence-electron chi connectivity index (χ2n) is 12.5. The summed E-state index contributed by atoms with van der Waals surface area (Å²) in [5.41, 5.74) is 2.13. The van der Waals surface area contributed by atoms with Crippen molar-refractivity contribution in [1.29, 1.82) is 5.41 Å². The molecule has 5 nitrogen and oxygen atoms in total. The lowest BCUT2D eigenvalue weighted by molar-refractivity contribution is -0.126. The standard InChI is InChI=1S/C16H22N2O2.C9H16O.C8H9F.C3H8/c1-10-8-6-7-9-12(10)13(17)15(20)18-14(11(2)19)16(3,4)5;1-6(2)8-4-9(5-8)7(3)10;1-2-7-3-5-8(9)6-4-7;1-3-2/h6-9,14,17H,1-5H3,(H,18,20);6,8-9H,4-5H2,1-3H3;3-6H,2H2,1H3;3H2,1-2H3. The highest BCUT2D eigenvalue weighted by molar-refractivity contribution is 6.44. The Hall–Kier alpha value is -3.15. The van der Waals surface area contributed by atoms with Gasteiger partial charge in [-0.15, -0.1) is 0 Å². The molecule has 234 valence electrons. The molecular formula is C36H55FN2O3. The Morgan fingerprint density at radius 3 is 1.83 bits per heavy atom. The van der Waals surface area contributed by atoms with Crippen molar-refractivity contribution in [2.45, 2.75) is 108 Å². The van der Waals surface area contributed by atoms with Crippen LogP contribution >= 0.6 is 0 Å². The molecule has 0 aliphatic heterocycles. The summed E-state index contributed by atoms with van der Waals surface area (Å²) < 4.78 is 12.2. The Balaban J connectivity index is 0.000000634. The van der Waals surface area contributed by atoms with E-state index in [1.807, 2.05) is 46.8 Å². The van der Waals surface area contributed by atoms with Crippen molar-refractivity contribution < 1.29 is 18.8 Å². The second-order valence-corrected chi connectivity index (χ2v) is 12.5. The van der Waals surface area contributed by atoms with Gasteiger partial charge < -0.3 is 5.32 Å². The first-order chi connectivity index (χ1) is 19.5. The molecule has 0 saturated heterocycles. The maximum atomic E-state index is 12.2. The third-order valence-corrected chi connectivity index (χ3v) is 7.20. The summed E-state index contributed by atoms with van der Waals surface area (Å²) in [7, 11) is 0. The van der Waals surface area contributed by atoms with Gasteiger partial charge in [-0.05, 0) is 80.5 Å². The quantitative estimate of drug-likeness (QED) is 0.321. The molecule has 1 unspecified atom stereocenters. The van der Waals surface area contributed by atoms with E-state index in [9.17, 15) is 18.8 Å². The number of halogens is 1. The average molecular weight is 583 g/mol. The summed E-state index contributed by atoms with van der Waals surface area (Å²) in [6.45, 7) is 21.4. The number of benzene rings is 2. The Morgan fingerprint density at radius 2 is 1.45 bits per heavy atom. The number of hydrogen-bond acceptors (Lipinski definition) is 4. The van der Waals surface area contributed by atoms with Gasteiger partial charge >= 0.3 is 0 Å². The zero-order valence-corrected chi connectivity index (χ0v) is 27.9. The van der Waals surface area contributed by atoms with E-state index in [0.29, 0.717) is 17.3 Å². The van der Waals surface area contributed by atoms with Gasteiger partial charge in [0.25, 0.3) is 5.91 Å². The van der Waals surface area contributed by atoms with E-state index in [2.05, 4.69) is 33.0 Å². The van der Waals surface area contributed by atoms with Crippen molar-refractivity contribution in [3.05, 3.63) is 71.0 Å². The van der Waals surface area contributed by atoms with E-state index in [0.717, 1.165) is 36.7 Å². The van der Waals surface area contributed by atoms with Gasteiger partial charge in [0, 0.05) is 11.5 Å². The predicted octanol–water partition coefficient (Wildman–Crippen LogP) is 8.54. The fourth-order valence-electron chi connectivity index (χ4n) is 4.37. The molecule has 1 aliphatic rings. The van der Waals surface area contributed by atoms with Gasteiger partial charge in [0.05, 0.1) is 6.04 Å². The molecular weight excluding hydrogens is 527 g/mol. The van der Waals surface area contributed by atoms with Crippen LogP contribution < -0.4 is 5.32 Å². The summed E-state index contributed by atoms with van der Waals surface area (Å²) in [5.74, 6) is 1.61. The minimum Gasteiger partial charge on any atom is -0.340 e. The number of Topliss-reactive ketones (excluding diaryl/α,β-unsaturated/α-hetero) is 2. The first-order valence-corrected chi connectivity index (χ1v) is 15.2. The van der Waals surface area contributed by atoms with Crippen LogP contribution in [-0.2, 0) is 20.8 Å². The molecule has 42 heavy (non-hydrogen) atoms. The van der Waals surface area contributed by atoms with E-state index in [1.165, 1.54) is 31.0 Å². The highest BCUT2D eigenvalue weighted by atomic mass is 19.1. The molecule has 2 aromatic rings. The molecule has 1 saturated carbocycles. The topological polar surface area (TPSA) is 87.1 Å². The van der Waals surface area contributed by atoms with Crippen molar-refractivity contribution in [3.8, 4) is 0 Å². The number of ketones is 2. The lowest BCUT2D eigenvalue weighted by Crippen LogP contribution is -2.50. The summed E-state index contributed by atoms with van der Waals surface area (Å²) in [5, 5.41) is 10.7. The number of carbonyl (C=O) groups is 3. The number of amides is 1. The van der Waals surface area contributed by atoms with Crippen LogP contribution in [0.3, 0.4) is 0 Å². The van der Waals surface area contributed by atoms with Crippen LogP contribution in [0.25, 0.3) is 0 Å². The smallest absolute Gasteiger partial charge is 0.270 e. The molecule has 1 aliphatic carbocycles. The Morgan fingerprint density at radius 1 is 0.952 bits per heavy atom. The number of rotatable bonds is 7. The number of carbonyl (C=O) groups excluding carboxylic acids is 3. The van der Waals surface area contributed by atoms with Crippen LogP contribution in [0.1, 0.15) is 105 Å². The number of aryl methyl sites for hydroxylation is 2. The van der Waals surface area contributed by atoms with Gasteiger partial charge in [0.1, 0.15) is 17.3 Å². The van der Waals surface area contributed by atoms with Crippen molar-refractivity contribution in [3.63, 3.8) is 0 Å². The molecule has 3 rings (SSSR count). The fourth-order valence-corrected chi connectivity index (χ4v) is 4.37. The van der Waals surface area contributed by atoms with Crippen molar-refractivity contribution in [1.82, 2.24) is 5.32 Å². The van der Waals surface area contributed by atoms with E-state index in [1.54, 1.807) is 31.2 Å². The molecule has 6 heteroatoms. The molecule has 0 aromatic heterocycles. The molecule has 0 heterocycles. The van der Waals surface area contributed by atoms with Gasteiger partial charge in [-0.3, -0.25) is 19.8 Å². The lowest BCUT2D eigenvalue weighted by atomic mass is 9.68. The lowest BCUT2D eigenvalue weighted by Gasteiger charge is -2.36. The molecule has 0 bridgehead atoms. The predicted molar refractivity (Wildman–Crippen MR) is 174 cm³/mol. The molecule has 0 spiro atoms. The first-order valence-electron chi connectivity index (χ1n) is 15.2. The molecule has 2 N–H and O–H groups in total. The van der Waals surface area contributed by atoms with E-state index < -0.39 is 11.9 Å². The van der Waals surface area contributed by atoms with E-state index >= 15 is 0 Å². The molecule has 2 aromatic carbocycles. The fraction of sp³-hybridized carbons (Fsp3) is 0.556. The Kier molecular flexibility index (Phi) is 17.7. The normalized spacial score (nSPS) is 16.1. The van der Waals surface area contributed by atoms with Crippen LogP contribution in [0.2, 0.25) is 0 Å². The Labute approximate surface area is 254 Å². The van der Waals surface area contributed by atoms with Gasteiger partial charge in [-0.25, -0.2) is 4.39 Å². The largest absolute Gasteiger partial charge is 0.340 e. The zero-order chi connectivity index (χ0) is 32.6. The average Bonchev–Trinajstić information content (AvgIpc) is 2.86. The van der Waals surface area contributed by atoms with E-state index in [4.69, 9.17) is 5.41 Å². The van der Waals surface area contributed by atoms with Crippen molar-refractivity contribution in [2.24, 2.45) is 23.2 Å². The summed E-state index contributed by atoms with van der Waals surface area (Å²) in [6, 6.07) is 13.2. The second kappa shape index (κ2) is 19.1. The summed E-state index contributed by atoms with van der Waals surface area (Å²) in [6.07, 6.45) is 4.51. The number of nitrogens with one attached hydrogen (secondary N) is 2. The Bertz CT molecular complexity index is 1130. The summed E-state index contributed by atoms with van der Waals surface area (Å²) >= 11 is 0. The maximum absolute atomic E-state index is 12.2. The van der Waals surface area contributed by atoms with Gasteiger partial charge in [0.15, 0.2) is 5.78 Å². The van der Waals surface area contributed by atoms with Crippen LogP contribution in [0.4, 0.5) is 4.39 Å². The molecule has 1 amide bonds. The highest BCUT2D eigenvalue weighted by Gasteiger charge is 2.33. The molecule has 0 radical (unpaired) electrons. The first kappa shape index (κ1) is 38.9. The molecule has 1 atom stereocenters. The molecule has 1 fully saturated rings. The minimum absolute atomic E-state index is 0.108. The maximum Gasteiger partial charge on any atom is 0.270 e. The third kappa shape index (κ3) is 14.2. The minimum atomic E-state index is -0.598. The van der Waals surface area contributed by atoms with Crippen molar-refractivity contribution in [2.75, 3.05) is 0 Å². The monoisotopic (exact) mass is 582 g/mol.